The van der Waals surface area contributed by atoms with E-state index in [1.807, 2.05) is 20.8 Å². The normalized spacial score (nSPS) is 19.4. The zero-order valence-electron chi connectivity index (χ0n) is 12.5. The molecule has 0 saturated carbocycles. The van der Waals surface area contributed by atoms with Gasteiger partial charge in [0.15, 0.2) is 0 Å². The lowest BCUT2D eigenvalue weighted by Gasteiger charge is -2.24. The molecule has 0 aliphatic carbocycles. The second kappa shape index (κ2) is 6.23. The fourth-order valence-corrected chi connectivity index (χ4v) is 1.81. The predicted molar refractivity (Wildman–Crippen MR) is 72.9 cm³/mol. The van der Waals surface area contributed by atoms with Crippen molar-refractivity contribution in [2.75, 3.05) is 33.7 Å². The molecule has 6 heteroatoms. The van der Waals surface area contributed by atoms with Gasteiger partial charge in [-0.3, -0.25) is 4.79 Å². The molecular formula is C13H25N3O3. The molecule has 0 aromatic carbocycles. The van der Waals surface area contributed by atoms with Crippen LogP contribution in [0, 0.1) is 0 Å². The average molecular weight is 271 g/mol. The molecule has 1 fully saturated rings. The third-order valence-corrected chi connectivity index (χ3v) is 2.88. The van der Waals surface area contributed by atoms with Crippen LogP contribution in [-0.2, 0) is 9.53 Å². The molecule has 1 aliphatic heterocycles. The predicted octanol–water partition coefficient (Wildman–Crippen LogP) is 0.674. The van der Waals surface area contributed by atoms with E-state index >= 15 is 0 Å². The van der Waals surface area contributed by atoms with Gasteiger partial charge in [-0.05, 0) is 27.2 Å². The number of carbonyl (C=O) groups is 2. The summed E-state index contributed by atoms with van der Waals surface area (Å²) in [5.41, 5.74) is -0.469. The van der Waals surface area contributed by atoms with Crippen molar-refractivity contribution in [1.29, 1.82) is 0 Å². The van der Waals surface area contributed by atoms with Crippen LogP contribution < -0.4 is 5.32 Å². The lowest BCUT2D eigenvalue weighted by atomic mass is 10.2. The van der Waals surface area contributed by atoms with E-state index in [1.165, 1.54) is 0 Å². The van der Waals surface area contributed by atoms with E-state index in [2.05, 4.69) is 5.32 Å². The fraction of sp³-hybridized carbons (Fsp3) is 0.846. The van der Waals surface area contributed by atoms with Crippen molar-refractivity contribution in [1.82, 2.24) is 15.1 Å². The Labute approximate surface area is 115 Å². The van der Waals surface area contributed by atoms with E-state index in [-0.39, 0.29) is 18.0 Å². The van der Waals surface area contributed by atoms with Crippen LogP contribution in [0.5, 0.6) is 0 Å². The monoisotopic (exact) mass is 271 g/mol. The van der Waals surface area contributed by atoms with Crippen LogP contribution >= 0.6 is 0 Å². The van der Waals surface area contributed by atoms with Gasteiger partial charge in [0.05, 0.1) is 6.54 Å². The Morgan fingerprint density at radius 2 is 2.00 bits per heavy atom. The Bertz CT molecular complexity index is 337. The smallest absolute Gasteiger partial charge is 0.410 e. The van der Waals surface area contributed by atoms with E-state index in [1.54, 1.807) is 23.9 Å². The van der Waals surface area contributed by atoms with E-state index in [9.17, 15) is 9.59 Å². The minimum absolute atomic E-state index is 0.0377. The van der Waals surface area contributed by atoms with Crippen LogP contribution in [0.25, 0.3) is 0 Å². The highest BCUT2D eigenvalue weighted by Crippen LogP contribution is 2.15. The molecule has 0 aromatic rings. The third kappa shape index (κ3) is 5.46. The number of likely N-dealkylation sites (N-methyl/N-ethyl adjacent to an activating group) is 1. The van der Waals surface area contributed by atoms with Gasteiger partial charge in [-0.15, -0.1) is 0 Å². The Morgan fingerprint density at radius 1 is 1.37 bits per heavy atom. The molecule has 1 rings (SSSR count). The second-order valence-corrected chi connectivity index (χ2v) is 6.08. The Morgan fingerprint density at radius 3 is 2.53 bits per heavy atom. The van der Waals surface area contributed by atoms with Gasteiger partial charge in [-0.25, -0.2) is 4.79 Å². The van der Waals surface area contributed by atoms with Crippen molar-refractivity contribution in [3.63, 3.8) is 0 Å². The highest BCUT2D eigenvalue weighted by molar-refractivity contribution is 5.77. The van der Waals surface area contributed by atoms with Crippen molar-refractivity contribution < 1.29 is 14.3 Å². The number of hydrogen-bond acceptors (Lipinski definition) is 4. The standard InChI is InChI=1S/C13H25N3O3/c1-13(2,3)19-12(18)16-7-6-10(9-16)14-8-11(17)15(4)5/h10,14H,6-9H2,1-5H3. The van der Waals surface area contributed by atoms with Crippen molar-refractivity contribution in [2.45, 2.75) is 38.8 Å². The summed E-state index contributed by atoms with van der Waals surface area (Å²) >= 11 is 0. The Kier molecular flexibility index (Phi) is 5.17. The molecule has 1 atom stereocenters. The summed E-state index contributed by atoms with van der Waals surface area (Å²) in [5, 5.41) is 3.17. The maximum Gasteiger partial charge on any atom is 0.410 e. The molecule has 1 unspecified atom stereocenters. The molecule has 1 aliphatic rings. The zero-order valence-corrected chi connectivity index (χ0v) is 12.5. The first-order chi connectivity index (χ1) is 8.69. The van der Waals surface area contributed by atoms with Crippen molar-refractivity contribution in [3.8, 4) is 0 Å². The molecular weight excluding hydrogens is 246 g/mol. The lowest BCUT2D eigenvalue weighted by molar-refractivity contribution is -0.127. The van der Waals surface area contributed by atoms with Crippen LogP contribution in [0.4, 0.5) is 4.79 Å². The summed E-state index contributed by atoms with van der Waals surface area (Å²) in [6.07, 6.45) is 0.565. The SMILES string of the molecule is CN(C)C(=O)CNC1CCN(C(=O)OC(C)(C)C)C1. The number of nitrogens with one attached hydrogen (secondary N) is 1. The van der Waals surface area contributed by atoms with Crippen molar-refractivity contribution in [2.24, 2.45) is 0 Å². The summed E-state index contributed by atoms with van der Waals surface area (Å²) in [4.78, 5) is 26.5. The van der Waals surface area contributed by atoms with Gasteiger partial charge in [0.25, 0.3) is 0 Å². The van der Waals surface area contributed by atoms with E-state index in [0.717, 1.165) is 6.42 Å². The van der Waals surface area contributed by atoms with Crippen LogP contribution in [0.15, 0.2) is 0 Å². The third-order valence-electron chi connectivity index (χ3n) is 2.88. The minimum atomic E-state index is -0.469. The quantitative estimate of drug-likeness (QED) is 0.819. The van der Waals surface area contributed by atoms with Crippen molar-refractivity contribution >= 4 is 12.0 Å². The number of ether oxygens (including phenoxy) is 1. The maximum atomic E-state index is 11.9. The van der Waals surface area contributed by atoms with E-state index in [0.29, 0.717) is 19.6 Å². The molecule has 110 valence electrons. The van der Waals surface area contributed by atoms with Gasteiger partial charge in [0.2, 0.25) is 5.91 Å². The number of likely N-dealkylation sites (tertiary alicyclic amines) is 1. The van der Waals surface area contributed by atoms with Gasteiger partial charge in [-0.1, -0.05) is 0 Å². The lowest BCUT2D eigenvalue weighted by Crippen LogP contribution is -2.41. The molecule has 1 N–H and O–H groups in total. The number of carbonyl (C=O) groups excluding carboxylic acids is 2. The van der Waals surface area contributed by atoms with Crippen molar-refractivity contribution in [3.05, 3.63) is 0 Å². The molecule has 0 spiro atoms. The summed E-state index contributed by atoms with van der Waals surface area (Å²) in [7, 11) is 3.46. The van der Waals surface area contributed by atoms with Gasteiger partial charge in [-0.2, -0.15) is 0 Å². The number of hydrogen-bond donors (Lipinski definition) is 1. The zero-order chi connectivity index (χ0) is 14.6. The summed E-state index contributed by atoms with van der Waals surface area (Å²) in [5.74, 6) is 0.0377. The van der Waals surface area contributed by atoms with E-state index in [4.69, 9.17) is 4.74 Å². The molecule has 1 heterocycles. The molecule has 1 saturated heterocycles. The van der Waals surface area contributed by atoms with E-state index < -0.39 is 5.60 Å². The first kappa shape index (κ1) is 15.8. The van der Waals surface area contributed by atoms with Crippen LogP contribution in [0.1, 0.15) is 27.2 Å². The van der Waals surface area contributed by atoms with Gasteiger partial charge < -0.3 is 19.9 Å². The largest absolute Gasteiger partial charge is 0.444 e. The van der Waals surface area contributed by atoms with Gasteiger partial charge in [0, 0.05) is 33.2 Å². The first-order valence-electron chi connectivity index (χ1n) is 6.60. The Balaban J connectivity index is 2.34. The molecule has 2 amide bonds. The molecule has 0 radical (unpaired) electrons. The maximum absolute atomic E-state index is 11.9. The van der Waals surface area contributed by atoms with Crippen LogP contribution in [-0.4, -0.2) is 67.2 Å². The second-order valence-electron chi connectivity index (χ2n) is 6.08. The number of rotatable bonds is 3. The molecule has 0 bridgehead atoms. The summed E-state index contributed by atoms with van der Waals surface area (Å²) in [6, 6.07) is 0.163. The Hall–Kier alpha value is -1.30. The summed E-state index contributed by atoms with van der Waals surface area (Å²) in [6.45, 7) is 7.13. The van der Waals surface area contributed by atoms with Gasteiger partial charge >= 0.3 is 6.09 Å². The van der Waals surface area contributed by atoms with Gasteiger partial charge in [0.1, 0.15) is 5.60 Å². The highest BCUT2D eigenvalue weighted by Gasteiger charge is 2.29. The average Bonchev–Trinajstić information content (AvgIpc) is 2.71. The van der Waals surface area contributed by atoms with Crippen LogP contribution in [0.3, 0.4) is 0 Å². The molecule has 0 aromatic heterocycles. The topological polar surface area (TPSA) is 61.9 Å². The molecule has 19 heavy (non-hydrogen) atoms. The first-order valence-corrected chi connectivity index (χ1v) is 6.60. The molecule has 6 nitrogen and oxygen atoms in total. The minimum Gasteiger partial charge on any atom is -0.444 e. The number of nitrogens with zero attached hydrogens (tertiary/aromatic N) is 2. The van der Waals surface area contributed by atoms with Crippen LogP contribution in [0.2, 0.25) is 0 Å². The highest BCUT2D eigenvalue weighted by atomic mass is 16.6. The summed E-state index contributed by atoms with van der Waals surface area (Å²) < 4.78 is 5.32. The number of amides is 2. The fourth-order valence-electron chi connectivity index (χ4n) is 1.81.